The van der Waals surface area contributed by atoms with Gasteiger partial charge in [0.15, 0.2) is 5.69 Å². The number of fused-ring (bicyclic) bond motifs is 2. The maximum absolute atomic E-state index is 12.6. The second kappa shape index (κ2) is 4.70. The molecule has 3 aromatic heterocycles. The number of aromatic carboxylic acids is 1. The summed E-state index contributed by atoms with van der Waals surface area (Å²) in [6.45, 7) is 0.804. The average molecular weight is 316 g/mol. The highest BCUT2D eigenvalue weighted by Crippen LogP contribution is 2.25. The number of nitrogens with one attached hydrogen (secondary N) is 2. The summed E-state index contributed by atoms with van der Waals surface area (Å²) in [6, 6.07) is 3.77. The maximum atomic E-state index is 12.6. The first-order valence-electron chi connectivity index (χ1n) is 6.78. The quantitative estimate of drug-likeness (QED) is 0.671. The standard InChI is InChI=1S/C14H12N4O3S/c19-13(10-5-11-9(15-10)2-4-22-11)18-3-1-8-7(6-18)12(14(20)21)17-16-8/h2,4-5,15H,1,3,6H2,(H,16,17)(H,20,21). The minimum Gasteiger partial charge on any atom is -0.476 e. The Balaban J connectivity index is 1.63. The predicted octanol–water partition coefficient (Wildman–Crippen LogP) is 1.85. The van der Waals surface area contributed by atoms with Gasteiger partial charge in [-0.2, -0.15) is 5.10 Å². The first kappa shape index (κ1) is 13.1. The molecule has 1 aliphatic heterocycles. The van der Waals surface area contributed by atoms with Gasteiger partial charge in [0.1, 0.15) is 5.69 Å². The van der Waals surface area contributed by atoms with Gasteiger partial charge in [-0.1, -0.05) is 0 Å². The van der Waals surface area contributed by atoms with Crippen molar-refractivity contribution in [1.82, 2.24) is 20.1 Å². The molecule has 7 nitrogen and oxygen atoms in total. The summed E-state index contributed by atoms with van der Waals surface area (Å²) in [6.07, 6.45) is 0.580. The van der Waals surface area contributed by atoms with Crippen molar-refractivity contribution < 1.29 is 14.7 Å². The Labute approximate surface area is 128 Å². The zero-order valence-corrected chi connectivity index (χ0v) is 12.2. The molecule has 0 aliphatic carbocycles. The van der Waals surface area contributed by atoms with Crippen molar-refractivity contribution in [3.05, 3.63) is 40.2 Å². The zero-order chi connectivity index (χ0) is 15.3. The van der Waals surface area contributed by atoms with Gasteiger partial charge in [0.05, 0.1) is 16.8 Å². The van der Waals surface area contributed by atoms with Crippen LogP contribution >= 0.6 is 11.3 Å². The van der Waals surface area contributed by atoms with E-state index in [-0.39, 0.29) is 18.1 Å². The van der Waals surface area contributed by atoms with E-state index >= 15 is 0 Å². The summed E-state index contributed by atoms with van der Waals surface area (Å²) >= 11 is 1.57. The molecule has 0 radical (unpaired) electrons. The van der Waals surface area contributed by atoms with Crippen LogP contribution in [0.4, 0.5) is 0 Å². The summed E-state index contributed by atoms with van der Waals surface area (Å²) in [5.41, 5.74) is 2.88. The lowest BCUT2D eigenvalue weighted by Crippen LogP contribution is -2.36. The highest BCUT2D eigenvalue weighted by atomic mass is 32.1. The van der Waals surface area contributed by atoms with Crippen molar-refractivity contribution in [2.75, 3.05) is 6.54 Å². The first-order chi connectivity index (χ1) is 10.6. The van der Waals surface area contributed by atoms with Gasteiger partial charge in [-0.3, -0.25) is 9.89 Å². The van der Waals surface area contributed by atoms with Gasteiger partial charge >= 0.3 is 5.97 Å². The van der Waals surface area contributed by atoms with Crippen molar-refractivity contribution in [3.63, 3.8) is 0 Å². The van der Waals surface area contributed by atoms with E-state index < -0.39 is 5.97 Å². The number of carboxylic acids is 1. The van der Waals surface area contributed by atoms with Crippen LogP contribution in [0.2, 0.25) is 0 Å². The molecule has 0 saturated carbocycles. The van der Waals surface area contributed by atoms with Gasteiger partial charge in [-0.25, -0.2) is 4.79 Å². The topological polar surface area (TPSA) is 102 Å². The van der Waals surface area contributed by atoms with E-state index in [9.17, 15) is 9.59 Å². The SMILES string of the molecule is O=C(O)c1n[nH]c2c1CN(C(=O)c1cc3sccc3[nH]1)CC2. The molecule has 1 amide bonds. The predicted molar refractivity (Wildman–Crippen MR) is 80.2 cm³/mol. The second-order valence-electron chi connectivity index (χ2n) is 5.19. The Hall–Kier alpha value is -2.61. The van der Waals surface area contributed by atoms with Gasteiger partial charge in [-0.15, -0.1) is 11.3 Å². The monoisotopic (exact) mass is 316 g/mol. The third-order valence-electron chi connectivity index (χ3n) is 3.89. The Kier molecular flexibility index (Phi) is 2.80. The minimum atomic E-state index is -1.08. The van der Waals surface area contributed by atoms with Crippen LogP contribution in [-0.2, 0) is 13.0 Å². The van der Waals surface area contributed by atoms with E-state index in [2.05, 4.69) is 15.2 Å². The van der Waals surface area contributed by atoms with Gasteiger partial charge < -0.3 is 15.0 Å². The van der Waals surface area contributed by atoms with E-state index in [4.69, 9.17) is 5.11 Å². The smallest absolute Gasteiger partial charge is 0.356 e. The number of aromatic amines is 2. The van der Waals surface area contributed by atoms with E-state index in [1.54, 1.807) is 16.2 Å². The lowest BCUT2D eigenvalue weighted by Gasteiger charge is -2.26. The molecule has 0 bridgehead atoms. The fourth-order valence-corrected chi connectivity index (χ4v) is 3.56. The van der Waals surface area contributed by atoms with Crippen LogP contribution in [0.5, 0.6) is 0 Å². The molecule has 112 valence electrons. The molecule has 0 saturated heterocycles. The molecule has 4 rings (SSSR count). The number of amides is 1. The fraction of sp³-hybridized carbons (Fsp3) is 0.214. The number of hydrogen-bond donors (Lipinski definition) is 3. The number of carboxylic acid groups (broad SMARTS) is 1. The summed E-state index contributed by atoms with van der Waals surface area (Å²) in [4.78, 5) is 28.5. The maximum Gasteiger partial charge on any atom is 0.356 e. The van der Waals surface area contributed by atoms with Crippen molar-refractivity contribution in [2.24, 2.45) is 0 Å². The van der Waals surface area contributed by atoms with E-state index in [1.165, 1.54) is 0 Å². The number of nitrogens with zero attached hydrogens (tertiary/aromatic N) is 2. The Morgan fingerprint density at radius 3 is 3.05 bits per heavy atom. The van der Waals surface area contributed by atoms with Crippen LogP contribution in [0.1, 0.15) is 32.2 Å². The summed E-state index contributed by atoms with van der Waals surface area (Å²) in [5, 5.41) is 17.7. The minimum absolute atomic E-state index is 0.0000287. The summed E-state index contributed by atoms with van der Waals surface area (Å²) in [5.74, 6) is -1.20. The molecule has 3 N–H and O–H groups in total. The molecule has 0 unspecified atom stereocenters. The largest absolute Gasteiger partial charge is 0.476 e. The van der Waals surface area contributed by atoms with Gasteiger partial charge in [0, 0.05) is 24.2 Å². The number of carbonyl (C=O) groups excluding carboxylic acids is 1. The molecule has 22 heavy (non-hydrogen) atoms. The van der Waals surface area contributed by atoms with Gasteiger partial charge in [-0.05, 0) is 17.5 Å². The number of rotatable bonds is 2. The highest BCUT2D eigenvalue weighted by molar-refractivity contribution is 7.17. The lowest BCUT2D eigenvalue weighted by molar-refractivity contribution is 0.0673. The highest BCUT2D eigenvalue weighted by Gasteiger charge is 2.28. The number of carbonyl (C=O) groups is 2. The molecule has 0 atom stereocenters. The normalized spacial score (nSPS) is 14.3. The second-order valence-corrected chi connectivity index (χ2v) is 6.14. The molecule has 1 aliphatic rings. The van der Waals surface area contributed by atoms with Crippen LogP contribution in [0.3, 0.4) is 0 Å². The molecular formula is C14H12N4O3S. The summed E-state index contributed by atoms with van der Waals surface area (Å²) in [7, 11) is 0. The molecule has 3 aromatic rings. The van der Waals surface area contributed by atoms with E-state index in [0.29, 0.717) is 24.2 Å². The fourth-order valence-electron chi connectivity index (χ4n) is 2.78. The molecule has 0 aromatic carbocycles. The van der Waals surface area contributed by atoms with Crippen LogP contribution in [-0.4, -0.2) is 43.6 Å². The van der Waals surface area contributed by atoms with Crippen molar-refractivity contribution in [2.45, 2.75) is 13.0 Å². The van der Waals surface area contributed by atoms with E-state index in [0.717, 1.165) is 15.9 Å². The summed E-state index contributed by atoms with van der Waals surface area (Å²) < 4.78 is 1.04. The van der Waals surface area contributed by atoms with Crippen molar-refractivity contribution in [3.8, 4) is 0 Å². The van der Waals surface area contributed by atoms with Gasteiger partial charge in [0.2, 0.25) is 0 Å². The van der Waals surface area contributed by atoms with E-state index in [1.807, 2.05) is 17.5 Å². The third-order valence-corrected chi connectivity index (χ3v) is 4.76. The van der Waals surface area contributed by atoms with Crippen LogP contribution in [0.25, 0.3) is 10.2 Å². The number of hydrogen-bond acceptors (Lipinski definition) is 4. The van der Waals surface area contributed by atoms with Crippen LogP contribution < -0.4 is 0 Å². The van der Waals surface area contributed by atoms with Crippen LogP contribution in [0.15, 0.2) is 17.5 Å². The van der Waals surface area contributed by atoms with Crippen molar-refractivity contribution >= 4 is 33.4 Å². The number of H-pyrrole nitrogens is 2. The number of thiophene rings is 1. The molecular weight excluding hydrogens is 304 g/mol. The third kappa shape index (κ3) is 1.92. The Morgan fingerprint density at radius 1 is 1.41 bits per heavy atom. The molecule has 8 heteroatoms. The Bertz CT molecular complexity index is 863. The zero-order valence-electron chi connectivity index (χ0n) is 11.4. The molecule has 0 fully saturated rings. The average Bonchev–Trinajstić information content (AvgIpc) is 3.19. The number of aromatic nitrogens is 3. The lowest BCUT2D eigenvalue weighted by atomic mass is 10.0. The van der Waals surface area contributed by atoms with Crippen molar-refractivity contribution in [1.29, 1.82) is 0 Å². The van der Waals surface area contributed by atoms with Gasteiger partial charge in [0.25, 0.3) is 5.91 Å². The Morgan fingerprint density at radius 2 is 2.27 bits per heavy atom. The molecule has 4 heterocycles. The van der Waals surface area contributed by atoms with Crippen LogP contribution in [0, 0.1) is 0 Å². The first-order valence-corrected chi connectivity index (χ1v) is 7.66. The molecule has 0 spiro atoms.